The molecule has 0 atom stereocenters. The Morgan fingerprint density at radius 3 is 2.43 bits per heavy atom. The number of β-amino-alcohol motifs (C(OH)–C–C–N with tert-alkyl or cyclic N) is 1. The summed E-state index contributed by atoms with van der Waals surface area (Å²) in [5.74, 6) is -4.14. The highest BCUT2D eigenvalue weighted by molar-refractivity contribution is 6.01. The van der Waals surface area contributed by atoms with Gasteiger partial charge in [-0.1, -0.05) is 13.0 Å². The van der Waals surface area contributed by atoms with Crippen molar-refractivity contribution >= 4 is 23.2 Å². The van der Waals surface area contributed by atoms with Crippen LogP contribution in [0.5, 0.6) is 0 Å². The fraction of sp³-hybridized carbons (Fsp3) is 0.333. The number of anilines is 2. The second-order valence-electron chi connectivity index (χ2n) is 7.37. The van der Waals surface area contributed by atoms with Crippen LogP contribution in [0.25, 0.3) is 0 Å². The number of hydrogen-bond donors (Lipinski definition) is 3. The van der Waals surface area contributed by atoms with Crippen molar-refractivity contribution in [2.45, 2.75) is 25.9 Å². The zero-order valence-electron chi connectivity index (χ0n) is 16.6. The third-order valence-corrected chi connectivity index (χ3v) is 4.95. The Labute approximate surface area is 171 Å². The predicted octanol–water partition coefficient (Wildman–Crippen LogP) is 2.73. The Balaban J connectivity index is 1.84. The summed E-state index contributed by atoms with van der Waals surface area (Å²) in [6, 6.07) is 6.23. The van der Waals surface area contributed by atoms with Crippen molar-refractivity contribution in [2.24, 2.45) is 0 Å². The van der Waals surface area contributed by atoms with Gasteiger partial charge in [0.1, 0.15) is 11.4 Å². The molecule has 30 heavy (non-hydrogen) atoms. The van der Waals surface area contributed by atoms with Gasteiger partial charge in [0, 0.05) is 13.5 Å². The van der Waals surface area contributed by atoms with E-state index in [4.69, 9.17) is 0 Å². The summed E-state index contributed by atoms with van der Waals surface area (Å²) >= 11 is 0. The van der Waals surface area contributed by atoms with Gasteiger partial charge in [-0.2, -0.15) is 0 Å². The van der Waals surface area contributed by atoms with Gasteiger partial charge >= 0.3 is 0 Å². The molecule has 1 saturated heterocycles. The van der Waals surface area contributed by atoms with Crippen molar-refractivity contribution in [1.29, 1.82) is 0 Å². The first-order valence-corrected chi connectivity index (χ1v) is 9.43. The smallest absolute Gasteiger partial charge is 0.256 e. The molecule has 2 aromatic rings. The van der Waals surface area contributed by atoms with Crippen LogP contribution in [0.1, 0.15) is 29.8 Å². The molecule has 3 rings (SSSR count). The lowest BCUT2D eigenvalue weighted by Crippen LogP contribution is -2.67. The second kappa shape index (κ2) is 8.35. The molecule has 1 heterocycles. The van der Waals surface area contributed by atoms with Crippen LogP contribution < -0.4 is 10.6 Å². The third kappa shape index (κ3) is 4.40. The molecule has 6 nitrogen and oxygen atoms in total. The summed E-state index contributed by atoms with van der Waals surface area (Å²) in [6.45, 7) is 2.93. The highest BCUT2D eigenvalue weighted by Crippen LogP contribution is 2.31. The lowest BCUT2D eigenvalue weighted by atomic mass is 9.92. The molecule has 0 aliphatic carbocycles. The molecule has 0 radical (unpaired) electrons. The first-order chi connectivity index (χ1) is 14.1. The molecule has 0 spiro atoms. The lowest BCUT2D eigenvalue weighted by Gasteiger charge is -2.46. The molecule has 2 amide bonds. The monoisotopic (exact) mass is 421 g/mol. The largest absolute Gasteiger partial charge is 0.384 e. The van der Waals surface area contributed by atoms with Crippen molar-refractivity contribution in [1.82, 2.24) is 10.2 Å². The second-order valence-corrected chi connectivity index (χ2v) is 7.37. The molecule has 0 aromatic heterocycles. The first-order valence-electron chi connectivity index (χ1n) is 9.43. The van der Waals surface area contributed by atoms with Crippen LogP contribution in [0, 0.1) is 17.5 Å². The third-order valence-electron chi connectivity index (χ3n) is 4.95. The molecule has 0 bridgehead atoms. The van der Waals surface area contributed by atoms with Crippen LogP contribution in [0.2, 0.25) is 0 Å². The molecule has 0 unspecified atom stereocenters. The summed E-state index contributed by atoms with van der Waals surface area (Å²) in [5.41, 5.74) is -1.35. The molecule has 1 aliphatic rings. The van der Waals surface area contributed by atoms with Crippen molar-refractivity contribution < 1.29 is 27.9 Å². The predicted molar refractivity (Wildman–Crippen MR) is 105 cm³/mol. The number of nitrogens with one attached hydrogen (secondary N) is 2. The Bertz CT molecular complexity index is 991. The summed E-state index contributed by atoms with van der Waals surface area (Å²) in [4.78, 5) is 25.1. The maximum absolute atomic E-state index is 14.5. The zero-order valence-corrected chi connectivity index (χ0v) is 16.6. The average molecular weight is 421 g/mol. The molecule has 0 saturated carbocycles. The van der Waals surface area contributed by atoms with E-state index in [1.807, 2.05) is 6.92 Å². The van der Waals surface area contributed by atoms with Gasteiger partial charge in [0.15, 0.2) is 11.6 Å². The molecule has 3 N–H and O–H groups in total. The Morgan fingerprint density at radius 2 is 1.83 bits per heavy atom. The fourth-order valence-electron chi connectivity index (χ4n) is 3.24. The number of aliphatic hydroxyl groups is 1. The van der Waals surface area contributed by atoms with Crippen LogP contribution in [-0.2, 0) is 11.2 Å². The van der Waals surface area contributed by atoms with Crippen molar-refractivity contribution in [3.8, 4) is 0 Å². The van der Waals surface area contributed by atoms with E-state index in [-0.39, 0.29) is 36.8 Å². The van der Waals surface area contributed by atoms with E-state index in [0.717, 1.165) is 17.7 Å². The van der Waals surface area contributed by atoms with E-state index >= 15 is 0 Å². The number of benzene rings is 2. The van der Waals surface area contributed by atoms with Gasteiger partial charge in [-0.25, -0.2) is 13.2 Å². The maximum Gasteiger partial charge on any atom is 0.256 e. The Hall–Kier alpha value is -3.07. The van der Waals surface area contributed by atoms with Crippen molar-refractivity contribution in [3.05, 3.63) is 58.9 Å². The van der Waals surface area contributed by atoms with E-state index in [2.05, 4.69) is 10.6 Å². The van der Waals surface area contributed by atoms with E-state index in [0.29, 0.717) is 6.42 Å². The minimum Gasteiger partial charge on any atom is -0.384 e. The molecule has 9 heteroatoms. The minimum absolute atomic E-state index is 0.0377. The summed E-state index contributed by atoms with van der Waals surface area (Å²) in [5, 5.41) is 15.3. The van der Waals surface area contributed by atoms with Gasteiger partial charge in [-0.3, -0.25) is 9.59 Å². The van der Waals surface area contributed by atoms with Crippen LogP contribution in [0.4, 0.5) is 24.5 Å². The number of likely N-dealkylation sites (tertiary alicyclic amines) is 1. The van der Waals surface area contributed by atoms with Crippen LogP contribution in [0.3, 0.4) is 0 Å². The van der Waals surface area contributed by atoms with Gasteiger partial charge in [0.2, 0.25) is 5.91 Å². The fourth-order valence-corrected chi connectivity index (χ4v) is 3.24. The van der Waals surface area contributed by atoms with Crippen LogP contribution in [-0.4, -0.2) is 47.1 Å². The topological polar surface area (TPSA) is 81.7 Å². The number of carbonyl (C=O) groups excluding carboxylic acids is 2. The number of carbonyl (C=O) groups is 2. The number of halogens is 3. The van der Waals surface area contributed by atoms with E-state index in [1.165, 1.54) is 24.0 Å². The van der Waals surface area contributed by atoms with E-state index < -0.39 is 34.6 Å². The summed E-state index contributed by atoms with van der Waals surface area (Å²) in [7, 11) is 0. The number of nitrogens with zero attached hydrogens (tertiary/aromatic N) is 1. The molecule has 1 fully saturated rings. The molecule has 160 valence electrons. The molecule has 1 aliphatic heterocycles. The van der Waals surface area contributed by atoms with Gasteiger partial charge in [0.25, 0.3) is 5.91 Å². The van der Waals surface area contributed by atoms with E-state index in [9.17, 15) is 27.9 Å². The highest BCUT2D eigenvalue weighted by atomic mass is 19.2. The summed E-state index contributed by atoms with van der Waals surface area (Å²) < 4.78 is 42.7. The normalized spacial score (nSPS) is 14.8. The van der Waals surface area contributed by atoms with Gasteiger partial charge in [-0.15, -0.1) is 0 Å². The Morgan fingerprint density at radius 1 is 1.13 bits per heavy atom. The van der Waals surface area contributed by atoms with Crippen LogP contribution >= 0.6 is 0 Å². The standard InChI is InChI=1S/C21H22F3N3O3/c1-3-13-4-7-17(16(23)8-13)26-19-14(5-6-15(22)18(19)24)20(29)27-10-21(30,11-27)9-25-12(2)28/h4-8,26,30H,3,9-11H2,1-2H3,(H,25,28). The van der Waals surface area contributed by atoms with Gasteiger partial charge in [-0.05, 0) is 36.2 Å². The number of aryl methyl sites for hydroxylation is 1. The SMILES string of the molecule is CCc1ccc(Nc2c(C(=O)N3CC(O)(CNC(C)=O)C3)ccc(F)c2F)c(F)c1. The molecule has 2 aromatic carbocycles. The van der Waals surface area contributed by atoms with Crippen LogP contribution in [0.15, 0.2) is 30.3 Å². The minimum atomic E-state index is -1.31. The molecular formula is C21H22F3N3O3. The quantitative estimate of drug-likeness (QED) is 0.670. The summed E-state index contributed by atoms with van der Waals surface area (Å²) in [6.07, 6.45) is 0.603. The van der Waals surface area contributed by atoms with E-state index in [1.54, 1.807) is 6.07 Å². The molecular weight excluding hydrogens is 399 g/mol. The number of hydrogen-bond acceptors (Lipinski definition) is 4. The van der Waals surface area contributed by atoms with Crippen molar-refractivity contribution in [2.75, 3.05) is 25.0 Å². The Kier molecular flexibility index (Phi) is 6.02. The van der Waals surface area contributed by atoms with Gasteiger partial charge in [0.05, 0.1) is 30.0 Å². The zero-order chi connectivity index (χ0) is 22.1. The number of amides is 2. The number of rotatable bonds is 6. The average Bonchev–Trinajstić information content (AvgIpc) is 2.68. The lowest BCUT2D eigenvalue weighted by molar-refractivity contribution is -0.123. The highest BCUT2D eigenvalue weighted by Gasteiger charge is 2.44. The maximum atomic E-state index is 14.5. The van der Waals surface area contributed by atoms with Crippen molar-refractivity contribution in [3.63, 3.8) is 0 Å². The first kappa shape index (κ1) is 21.6. The van der Waals surface area contributed by atoms with Gasteiger partial charge < -0.3 is 20.6 Å².